The molecule has 2 N–H and O–H groups in total. The summed E-state index contributed by atoms with van der Waals surface area (Å²) in [5.74, 6) is -1.85. The first kappa shape index (κ1) is 27.2. The molecule has 2 aromatic carbocycles. The number of aliphatic hydroxyl groups excluding tert-OH is 1. The molecule has 1 unspecified atom stereocenters. The van der Waals surface area contributed by atoms with Gasteiger partial charge in [0.25, 0.3) is 5.91 Å². The second kappa shape index (κ2) is 11.0. The number of fused-ring (bicyclic) bond motifs is 1. The van der Waals surface area contributed by atoms with E-state index in [0.29, 0.717) is 47.7 Å². The van der Waals surface area contributed by atoms with Crippen molar-refractivity contribution in [3.8, 4) is 0 Å². The van der Waals surface area contributed by atoms with Crippen molar-refractivity contribution < 1.29 is 29.3 Å². The molecule has 1 aromatic heterocycles. The molecule has 1 fully saturated rings. The van der Waals surface area contributed by atoms with Crippen LogP contribution in [0.4, 0.5) is 17.1 Å². The Labute approximate surface area is 231 Å². The van der Waals surface area contributed by atoms with Gasteiger partial charge in [-0.2, -0.15) is 0 Å². The minimum absolute atomic E-state index is 0.00222. The van der Waals surface area contributed by atoms with Gasteiger partial charge in [0.15, 0.2) is 11.8 Å². The lowest BCUT2D eigenvalue weighted by Crippen LogP contribution is -2.55. The predicted octanol–water partition coefficient (Wildman–Crippen LogP) is 2.59. The van der Waals surface area contributed by atoms with Gasteiger partial charge in [-0.3, -0.25) is 28.9 Å². The van der Waals surface area contributed by atoms with Crippen LogP contribution in [0.5, 0.6) is 0 Å². The maximum Gasteiger partial charge on any atom is 0.304 e. The summed E-state index contributed by atoms with van der Waals surface area (Å²) in [4.78, 5) is 40.8. The van der Waals surface area contributed by atoms with Crippen LogP contribution >= 0.6 is 0 Å². The van der Waals surface area contributed by atoms with E-state index < -0.39 is 29.6 Å². The van der Waals surface area contributed by atoms with Gasteiger partial charge >= 0.3 is 5.97 Å². The maximum absolute atomic E-state index is 13.9. The Bertz CT molecular complexity index is 1450. The van der Waals surface area contributed by atoms with E-state index in [0.717, 1.165) is 0 Å². The molecule has 2 aliphatic heterocycles. The molecule has 0 bridgehead atoms. The SMILES string of the molecule is CC(=O)OC1CC(=O)N1c1ccc2c(c1)[C@](O)([C@@H](C)/C=C/CCn1cc(CCO)nn1)C(=O)N2c1ccccc1. The number of carbonyl (C=O) groups excluding carboxylic acids is 3. The molecule has 3 heterocycles. The van der Waals surface area contributed by atoms with Gasteiger partial charge in [-0.25, -0.2) is 0 Å². The van der Waals surface area contributed by atoms with E-state index in [4.69, 9.17) is 9.84 Å². The van der Waals surface area contributed by atoms with E-state index in [1.165, 1.54) is 16.7 Å². The zero-order chi connectivity index (χ0) is 28.4. The summed E-state index contributed by atoms with van der Waals surface area (Å²) in [5, 5.41) is 29.2. The fraction of sp³-hybridized carbons (Fsp3) is 0.345. The van der Waals surface area contributed by atoms with Crippen molar-refractivity contribution in [3.63, 3.8) is 0 Å². The van der Waals surface area contributed by atoms with Crippen molar-refractivity contribution in [2.24, 2.45) is 5.92 Å². The number of hydrogen-bond donors (Lipinski definition) is 2. The number of hydrogen-bond acceptors (Lipinski definition) is 8. The molecule has 2 aliphatic rings. The average Bonchev–Trinajstić information content (AvgIpc) is 3.47. The second-order valence-corrected chi connectivity index (χ2v) is 9.93. The molecule has 0 spiro atoms. The summed E-state index contributed by atoms with van der Waals surface area (Å²) >= 11 is 0. The molecule has 3 aromatic rings. The molecule has 208 valence electrons. The lowest BCUT2D eigenvalue weighted by molar-refractivity contribution is -0.153. The summed E-state index contributed by atoms with van der Waals surface area (Å²) in [7, 11) is 0. The molecular weight excluding hydrogens is 514 g/mol. The van der Waals surface area contributed by atoms with Crippen LogP contribution in [-0.2, 0) is 37.7 Å². The fourth-order valence-corrected chi connectivity index (χ4v) is 5.15. The molecular formula is C29H31N5O6. The Hall–Kier alpha value is -4.35. The third kappa shape index (κ3) is 4.89. The van der Waals surface area contributed by atoms with Crippen LogP contribution in [0.15, 0.2) is 66.9 Å². The predicted molar refractivity (Wildman–Crippen MR) is 145 cm³/mol. The molecule has 1 saturated heterocycles. The highest BCUT2D eigenvalue weighted by molar-refractivity contribution is 6.13. The van der Waals surface area contributed by atoms with E-state index in [1.54, 1.807) is 54.2 Å². The van der Waals surface area contributed by atoms with E-state index in [1.807, 2.05) is 24.3 Å². The molecule has 5 rings (SSSR count). The Kier molecular flexibility index (Phi) is 7.51. The first-order valence-corrected chi connectivity index (χ1v) is 13.2. The van der Waals surface area contributed by atoms with Crippen LogP contribution in [0.3, 0.4) is 0 Å². The number of anilines is 3. The van der Waals surface area contributed by atoms with Gasteiger partial charge < -0.3 is 14.9 Å². The lowest BCUT2D eigenvalue weighted by Gasteiger charge is -2.39. The molecule has 2 amide bonds. The summed E-state index contributed by atoms with van der Waals surface area (Å²) < 4.78 is 6.94. The van der Waals surface area contributed by atoms with Crippen LogP contribution in [0.25, 0.3) is 0 Å². The monoisotopic (exact) mass is 545 g/mol. The number of aliphatic hydroxyl groups is 2. The minimum Gasteiger partial charge on any atom is -0.441 e. The molecule has 40 heavy (non-hydrogen) atoms. The van der Waals surface area contributed by atoms with Crippen LogP contribution < -0.4 is 9.80 Å². The van der Waals surface area contributed by atoms with Gasteiger partial charge in [-0.1, -0.05) is 42.5 Å². The molecule has 0 radical (unpaired) electrons. The molecule has 11 nitrogen and oxygen atoms in total. The smallest absolute Gasteiger partial charge is 0.304 e. The van der Waals surface area contributed by atoms with Gasteiger partial charge in [-0.15, -0.1) is 5.10 Å². The number of esters is 1. The number of nitrogens with zero attached hydrogens (tertiary/aromatic N) is 5. The van der Waals surface area contributed by atoms with Crippen LogP contribution in [0, 0.1) is 5.92 Å². The maximum atomic E-state index is 13.9. The van der Waals surface area contributed by atoms with Crippen molar-refractivity contribution >= 4 is 34.8 Å². The highest BCUT2D eigenvalue weighted by Crippen LogP contribution is 2.50. The lowest BCUT2D eigenvalue weighted by atomic mass is 9.82. The number of benzene rings is 2. The third-order valence-corrected chi connectivity index (χ3v) is 7.22. The van der Waals surface area contributed by atoms with Gasteiger partial charge in [0.1, 0.15) is 0 Å². The summed E-state index contributed by atoms with van der Waals surface area (Å²) in [6.07, 6.45) is 5.81. The zero-order valence-corrected chi connectivity index (χ0v) is 22.3. The molecule has 3 atom stereocenters. The van der Waals surface area contributed by atoms with Crippen molar-refractivity contribution in [3.05, 3.63) is 78.1 Å². The second-order valence-electron chi connectivity index (χ2n) is 9.93. The summed E-state index contributed by atoms with van der Waals surface area (Å²) in [5.41, 5.74) is 0.709. The third-order valence-electron chi connectivity index (χ3n) is 7.22. The Balaban J connectivity index is 1.44. The number of ether oxygens (including phenoxy) is 1. The normalized spacial score (nSPS) is 21.1. The number of allylic oxidation sites excluding steroid dienone is 1. The molecule has 0 aliphatic carbocycles. The van der Waals surface area contributed by atoms with Gasteiger partial charge in [0.05, 0.1) is 17.8 Å². The van der Waals surface area contributed by atoms with E-state index in [-0.39, 0.29) is 18.9 Å². The summed E-state index contributed by atoms with van der Waals surface area (Å²) in [6, 6.07) is 14.1. The Morgan fingerprint density at radius 3 is 2.67 bits per heavy atom. The first-order valence-electron chi connectivity index (χ1n) is 13.2. The number of carbonyl (C=O) groups is 3. The number of aromatic nitrogens is 3. The van der Waals surface area contributed by atoms with Gasteiger partial charge in [0.2, 0.25) is 5.91 Å². The van der Waals surface area contributed by atoms with Crippen molar-refractivity contribution in [2.75, 3.05) is 16.4 Å². The van der Waals surface area contributed by atoms with Gasteiger partial charge in [0, 0.05) is 55.5 Å². The Morgan fingerprint density at radius 2 is 1.98 bits per heavy atom. The first-order chi connectivity index (χ1) is 19.2. The highest BCUT2D eigenvalue weighted by atomic mass is 16.6. The zero-order valence-electron chi connectivity index (χ0n) is 22.3. The topological polar surface area (TPSA) is 138 Å². The number of β-lactam (4-membered cyclic amide) rings is 1. The van der Waals surface area contributed by atoms with Crippen molar-refractivity contribution in [1.29, 1.82) is 0 Å². The number of para-hydroxylation sites is 1. The standard InChI is InChI=1S/C29H31N5O6/c1-19(8-6-7-14-32-18-21(13-15-35)30-31-32)29(39)24-16-23(34-26(37)17-27(34)40-20(2)36)11-12-25(24)33(28(29)38)22-9-4-3-5-10-22/h3-6,8-12,16,18-19,27,35,39H,7,13-15,17H2,1-2H3/b8-6+/t19-,27?,29+/m0/s1. The number of rotatable bonds is 10. The molecule has 11 heteroatoms. The van der Waals surface area contributed by atoms with Crippen LogP contribution in [0.1, 0.15) is 37.9 Å². The number of aryl methyl sites for hydroxylation is 1. The van der Waals surface area contributed by atoms with E-state index >= 15 is 0 Å². The largest absolute Gasteiger partial charge is 0.441 e. The van der Waals surface area contributed by atoms with E-state index in [2.05, 4.69) is 10.3 Å². The minimum atomic E-state index is -1.91. The van der Waals surface area contributed by atoms with Crippen LogP contribution in [-0.4, -0.2) is 55.8 Å². The fourth-order valence-electron chi connectivity index (χ4n) is 5.15. The van der Waals surface area contributed by atoms with Crippen molar-refractivity contribution in [2.45, 2.75) is 51.5 Å². The average molecular weight is 546 g/mol. The van der Waals surface area contributed by atoms with Crippen molar-refractivity contribution in [1.82, 2.24) is 15.0 Å². The van der Waals surface area contributed by atoms with Crippen LogP contribution in [0.2, 0.25) is 0 Å². The summed E-state index contributed by atoms with van der Waals surface area (Å²) in [6.45, 7) is 3.59. The highest BCUT2D eigenvalue weighted by Gasteiger charge is 2.53. The van der Waals surface area contributed by atoms with E-state index in [9.17, 15) is 19.5 Å². The number of amides is 2. The molecule has 0 saturated carbocycles. The van der Waals surface area contributed by atoms with Gasteiger partial charge in [-0.05, 0) is 36.8 Å². The Morgan fingerprint density at radius 1 is 1.20 bits per heavy atom. The quantitative estimate of drug-likeness (QED) is 0.225.